The van der Waals surface area contributed by atoms with E-state index < -0.39 is 0 Å². The van der Waals surface area contributed by atoms with Crippen molar-refractivity contribution in [1.82, 2.24) is 0 Å². The molecular formula is C61H42. The first-order chi connectivity index (χ1) is 30.2. The van der Waals surface area contributed by atoms with E-state index >= 15 is 0 Å². The lowest BCUT2D eigenvalue weighted by Crippen LogP contribution is -2.25. The first-order valence-corrected chi connectivity index (χ1v) is 20.9. The van der Waals surface area contributed by atoms with Gasteiger partial charge in [-0.2, -0.15) is 0 Å². The van der Waals surface area contributed by atoms with Gasteiger partial charge in [0.15, 0.2) is 0 Å². The molecule has 0 heterocycles. The molecule has 0 radical (unpaired) electrons. The van der Waals surface area contributed by atoms with Crippen LogP contribution < -0.4 is 0 Å². The van der Waals surface area contributed by atoms with Crippen molar-refractivity contribution in [3.8, 4) is 69.2 Å². The Morgan fingerprint density at radius 1 is 0.377 bits per heavy atom. The summed E-state index contributed by atoms with van der Waals surface area (Å²) in [6.45, 7) is 0. The smallest absolute Gasteiger partial charge is 0.0725 e. The second kappa shape index (κ2) is 16.0. The molecular weight excluding hydrogens is 733 g/mol. The van der Waals surface area contributed by atoms with Crippen LogP contribution in [-0.4, -0.2) is 0 Å². The molecule has 0 fully saturated rings. The van der Waals surface area contributed by atoms with Crippen molar-refractivity contribution in [2.45, 2.75) is 18.3 Å². The van der Waals surface area contributed by atoms with Gasteiger partial charge in [-0.25, -0.2) is 0 Å². The molecule has 3 aliphatic carbocycles. The van der Waals surface area contributed by atoms with E-state index in [2.05, 4.69) is 212 Å². The molecule has 9 aromatic carbocycles. The summed E-state index contributed by atoms with van der Waals surface area (Å²) in [5.41, 5.74) is 22.9. The molecule has 0 N–H and O–H groups in total. The third-order valence-corrected chi connectivity index (χ3v) is 12.4. The minimum absolute atomic E-state index is 0.286. The van der Waals surface area contributed by atoms with Crippen molar-refractivity contribution in [1.29, 1.82) is 0 Å². The number of rotatable bonds is 3. The molecule has 61 heavy (non-hydrogen) atoms. The van der Waals surface area contributed by atoms with E-state index in [1.807, 2.05) is 18.2 Å². The monoisotopic (exact) mass is 774 g/mol. The predicted octanol–water partition coefficient (Wildman–Crippen LogP) is 14.2. The van der Waals surface area contributed by atoms with Crippen molar-refractivity contribution >= 4 is 0 Å². The van der Waals surface area contributed by atoms with Gasteiger partial charge in [0.05, 0.1) is 5.41 Å². The second-order valence-electron chi connectivity index (χ2n) is 15.8. The van der Waals surface area contributed by atoms with E-state index in [9.17, 15) is 0 Å². The summed E-state index contributed by atoms with van der Waals surface area (Å²) >= 11 is 0. The van der Waals surface area contributed by atoms with Crippen molar-refractivity contribution in [3.05, 3.63) is 274 Å². The Labute approximate surface area is 359 Å². The van der Waals surface area contributed by atoms with E-state index in [-0.39, 0.29) is 5.41 Å². The average molecular weight is 775 g/mol. The molecule has 0 heteroatoms. The zero-order valence-corrected chi connectivity index (χ0v) is 33.9. The van der Waals surface area contributed by atoms with Gasteiger partial charge < -0.3 is 0 Å². The highest BCUT2D eigenvalue weighted by Crippen LogP contribution is 2.63. The minimum Gasteiger partial charge on any atom is -0.115 e. The van der Waals surface area contributed by atoms with Crippen molar-refractivity contribution in [3.63, 3.8) is 0 Å². The zero-order valence-electron chi connectivity index (χ0n) is 33.9. The summed E-state index contributed by atoms with van der Waals surface area (Å²) < 4.78 is 0. The van der Waals surface area contributed by atoms with Crippen LogP contribution in [0.5, 0.6) is 0 Å². The lowest BCUT2D eigenvalue weighted by molar-refractivity contribution is 0.793. The number of benzene rings is 9. The van der Waals surface area contributed by atoms with Gasteiger partial charge in [0.2, 0.25) is 0 Å². The van der Waals surface area contributed by atoms with Gasteiger partial charge in [-0.3, -0.25) is 0 Å². The van der Waals surface area contributed by atoms with Crippen LogP contribution in [0, 0.1) is 24.7 Å². The molecule has 9 aromatic rings. The van der Waals surface area contributed by atoms with Crippen LogP contribution in [0.4, 0.5) is 0 Å². The number of terminal acetylenes is 2. The predicted molar refractivity (Wildman–Crippen MR) is 254 cm³/mol. The maximum absolute atomic E-state index is 5.91. The SMILES string of the molecule is C#Cc1cccc(Cc2ccc(-c3ccccc3)cc2)c1.C#Cc1cccc2c1-c1ccccc1C21c2ccccc2-c2ccccc21.c1ccc2c(c1)Cc1ccccc1-2. The Kier molecular flexibility index (Phi) is 9.83. The van der Waals surface area contributed by atoms with Gasteiger partial charge in [0, 0.05) is 16.7 Å². The first kappa shape index (κ1) is 37.4. The summed E-state index contributed by atoms with van der Waals surface area (Å²) in [5, 5.41) is 0. The molecule has 0 aliphatic heterocycles. The molecule has 0 unspecified atom stereocenters. The lowest BCUT2D eigenvalue weighted by atomic mass is 9.70. The molecule has 3 aliphatic rings. The summed E-state index contributed by atoms with van der Waals surface area (Å²) in [6, 6.07) is 77.4. The molecule has 12 rings (SSSR count). The van der Waals surface area contributed by atoms with E-state index in [0.29, 0.717) is 0 Å². The van der Waals surface area contributed by atoms with Crippen molar-refractivity contribution in [2.75, 3.05) is 0 Å². The molecule has 0 saturated carbocycles. The standard InChI is InChI=1S/C27H16.C21H16.C13H10/c1-2-18-10-9-17-25-26(18)21-13-5-8-16-24(21)27(25)22-14-6-3-11-19(22)20-12-4-7-15-23(20)27;1-2-17-7-6-8-19(15-17)16-18-11-13-21(14-12-18)20-9-4-3-5-10-20;1-3-7-12-10(5-1)9-11-6-2-4-8-13(11)12/h1,3-17H;1,3-15H,16H2;1-8H,9H2. The Bertz CT molecular complexity index is 3060. The normalized spacial score (nSPS) is 12.4. The Balaban J connectivity index is 0.000000116. The molecule has 0 nitrogen and oxygen atoms in total. The molecule has 1 spiro atoms. The highest BCUT2D eigenvalue weighted by Gasteiger charge is 2.51. The fraction of sp³-hybridized carbons (Fsp3) is 0.0492. The summed E-state index contributed by atoms with van der Waals surface area (Å²) in [6.07, 6.45) is 13.4. The third kappa shape index (κ3) is 6.57. The van der Waals surface area contributed by atoms with Crippen LogP contribution >= 0.6 is 0 Å². The lowest BCUT2D eigenvalue weighted by Gasteiger charge is -2.30. The number of hydrogen-bond donors (Lipinski definition) is 0. The average Bonchev–Trinajstić information content (AvgIpc) is 3.97. The van der Waals surface area contributed by atoms with Crippen LogP contribution in [0.25, 0.3) is 44.5 Å². The largest absolute Gasteiger partial charge is 0.115 e. The summed E-state index contributed by atoms with van der Waals surface area (Å²) in [7, 11) is 0. The van der Waals surface area contributed by atoms with Crippen molar-refractivity contribution < 1.29 is 0 Å². The third-order valence-electron chi connectivity index (χ3n) is 12.4. The zero-order chi connectivity index (χ0) is 41.2. The quantitative estimate of drug-likeness (QED) is 0.157. The maximum Gasteiger partial charge on any atom is 0.0725 e. The van der Waals surface area contributed by atoms with Gasteiger partial charge in [0.25, 0.3) is 0 Å². The number of hydrogen-bond acceptors (Lipinski definition) is 0. The number of fused-ring (bicyclic) bond motifs is 13. The van der Waals surface area contributed by atoms with E-state index in [1.165, 1.54) is 89.0 Å². The van der Waals surface area contributed by atoms with E-state index in [1.54, 1.807) is 0 Å². The van der Waals surface area contributed by atoms with Crippen LogP contribution in [-0.2, 0) is 18.3 Å². The van der Waals surface area contributed by atoms with Crippen LogP contribution in [0.15, 0.2) is 218 Å². The summed E-state index contributed by atoms with van der Waals surface area (Å²) in [4.78, 5) is 0. The Hall–Kier alpha value is -7.90. The maximum atomic E-state index is 5.91. The molecule has 0 aromatic heterocycles. The molecule has 0 amide bonds. The molecule has 286 valence electrons. The first-order valence-electron chi connectivity index (χ1n) is 20.9. The van der Waals surface area contributed by atoms with Gasteiger partial charge in [-0.15, -0.1) is 12.8 Å². The van der Waals surface area contributed by atoms with Crippen LogP contribution in [0.1, 0.15) is 55.6 Å². The molecule has 0 atom stereocenters. The molecule has 0 bridgehead atoms. The van der Waals surface area contributed by atoms with Gasteiger partial charge in [0.1, 0.15) is 0 Å². The Morgan fingerprint density at radius 2 is 0.869 bits per heavy atom. The van der Waals surface area contributed by atoms with Crippen molar-refractivity contribution in [2.24, 2.45) is 0 Å². The fourth-order valence-corrected chi connectivity index (χ4v) is 9.80. The molecule has 0 saturated heterocycles. The van der Waals surface area contributed by atoms with Crippen LogP contribution in [0.3, 0.4) is 0 Å². The highest BCUT2D eigenvalue weighted by atomic mass is 14.5. The second-order valence-corrected chi connectivity index (χ2v) is 15.8. The highest BCUT2D eigenvalue weighted by molar-refractivity contribution is 5.96. The van der Waals surface area contributed by atoms with Gasteiger partial charge >= 0.3 is 0 Å². The summed E-state index contributed by atoms with van der Waals surface area (Å²) in [5.74, 6) is 5.61. The topological polar surface area (TPSA) is 0 Å². The Morgan fingerprint density at radius 3 is 1.48 bits per heavy atom. The van der Waals surface area contributed by atoms with Gasteiger partial charge in [-0.05, 0) is 114 Å². The van der Waals surface area contributed by atoms with Gasteiger partial charge in [-0.1, -0.05) is 212 Å². The van der Waals surface area contributed by atoms with Crippen LogP contribution in [0.2, 0.25) is 0 Å². The van der Waals surface area contributed by atoms with E-state index in [0.717, 1.165) is 24.0 Å². The minimum atomic E-state index is -0.286. The fourth-order valence-electron chi connectivity index (χ4n) is 9.80. The van der Waals surface area contributed by atoms with E-state index in [4.69, 9.17) is 12.8 Å².